The van der Waals surface area contributed by atoms with Crippen LogP contribution in [-0.4, -0.2) is 77.8 Å². The van der Waals surface area contributed by atoms with Crippen LogP contribution in [0.4, 0.5) is 0 Å². The van der Waals surface area contributed by atoms with E-state index in [0.29, 0.717) is 33.4 Å². The molecule has 0 aliphatic rings. The van der Waals surface area contributed by atoms with Gasteiger partial charge in [0.15, 0.2) is 0 Å². The maximum absolute atomic E-state index is 13.7. The third kappa shape index (κ3) is 15.5. The summed E-state index contributed by atoms with van der Waals surface area (Å²) in [6.45, 7) is 7.03. The molecule has 0 heterocycles. The smallest absolute Gasteiger partial charge is 0.282 e. The van der Waals surface area contributed by atoms with Crippen LogP contribution in [0, 0.1) is 0 Å². The zero-order chi connectivity index (χ0) is 56.3. The summed E-state index contributed by atoms with van der Waals surface area (Å²) < 4.78 is 210. The van der Waals surface area contributed by atoms with Crippen molar-refractivity contribution in [3.8, 4) is 0 Å². The van der Waals surface area contributed by atoms with E-state index in [1.807, 2.05) is 0 Å². The Morgan fingerprint density at radius 1 is 0.329 bits per heavy atom. The molecule has 0 saturated heterocycles. The highest BCUT2D eigenvalue weighted by Gasteiger charge is 2.32. The van der Waals surface area contributed by atoms with Crippen LogP contribution in [0.1, 0.15) is 140 Å². The van der Waals surface area contributed by atoms with Gasteiger partial charge in [-0.3, -0.25) is 27.3 Å². The Bertz CT molecular complexity index is 3810. The largest absolute Gasteiger partial charge is 0.294 e. The van der Waals surface area contributed by atoms with E-state index in [9.17, 15) is 77.8 Å². The van der Waals surface area contributed by atoms with Gasteiger partial charge in [-0.05, 0) is 179 Å². The summed E-state index contributed by atoms with van der Waals surface area (Å²) in [5.41, 5.74) is 2.72. The van der Waals surface area contributed by atoms with Gasteiger partial charge in [-0.1, -0.05) is 100 Å². The van der Waals surface area contributed by atoms with Crippen LogP contribution in [0.5, 0.6) is 0 Å². The molecular weight excluding hydrogens is 1100 g/mol. The lowest BCUT2D eigenvalue weighted by Crippen LogP contribution is -2.17. The first-order valence-electron chi connectivity index (χ1n) is 23.6. The molecule has 18 nitrogen and oxygen atoms in total. The molecule has 6 N–H and O–H groups in total. The highest BCUT2D eigenvalue weighted by Crippen LogP contribution is 2.45. The van der Waals surface area contributed by atoms with Crippen LogP contribution in [-0.2, 0) is 60.7 Å². The van der Waals surface area contributed by atoms with E-state index in [2.05, 4.69) is 0 Å². The normalized spacial score (nSPS) is 15.8. The maximum Gasteiger partial charge on any atom is 0.294 e. The molecule has 0 aliphatic carbocycles. The molecule has 6 rings (SSSR count). The molecule has 0 aromatic heterocycles. The van der Waals surface area contributed by atoms with Crippen molar-refractivity contribution >= 4 is 60.7 Å². The molecule has 0 fully saturated rings. The number of hydrogen-bond donors (Lipinski definition) is 6. The molecule has 7 unspecified atom stereocenters. The molecule has 0 spiro atoms. The Labute approximate surface area is 444 Å². The first kappa shape index (κ1) is 60.0. The third-order valence-electron chi connectivity index (χ3n) is 14.0. The Morgan fingerprint density at radius 3 is 1.00 bits per heavy atom. The quantitative estimate of drug-likeness (QED) is 0.0325. The molecular formula is C52H58O18S6. The van der Waals surface area contributed by atoms with Gasteiger partial charge >= 0.3 is 0 Å². The van der Waals surface area contributed by atoms with Gasteiger partial charge in [-0.2, -0.15) is 50.5 Å². The van der Waals surface area contributed by atoms with Crippen LogP contribution in [0.15, 0.2) is 169 Å². The summed E-state index contributed by atoms with van der Waals surface area (Å²) >= 11 is 0. The molecule has 0 bridgehead atoms. The molecule has 410 valence electrons. The summed E-state index contributed by atoms with van der Waals surface area (Å²) in [6, 6.07) is 32.2. The van der Waals surface area contributed by atoms with Crippen molar-refractivity contribution in [1.29, 1.82) is 0 Å². The third-order valence-corrected chi connectivity index (χ3v) is 19.2. The first-order chi connectivity index (χ1) is 35.1. The second kappa shape index (κ2) is 23.4. The molecule has 7 atom stereocenters. The lowest BCUT2D eigenvalue weighted by molar-refractivity contribution is 0.439. The topological polar surface area (TPSA) is 326 Å². The summed E-state index contributed by atoms with van der Waals surface area (Å²) in [6.07, 6.45) is 0.820. The number of rotatable bonds is 23. The lowest BCUT2D eigenvalue weighted by atomic mass is 9.75. The summed E-state index contributed by atoms with van der Waals surface area (Å²) in [5.74, 6) is -4.30. The van der Waals surface area contributed by atoms with Gasteiger partial charge in [0, 0.05) is 0 Å². The molecule has 0 radical (unpaired) electrons. The van der Waals surface area contributed by atoms with E-state index in [1.165, 1.54) is 103 Å². The molecule has 6 aromatic rings. The lowest BCUT2D eigenvalue weighted by Gasteiger charge is -2.30. The van der Waals surface area contributed by atoms with E-state index in [1.54, 1.807) is 64.1 Å². The van der Waals surface area contributed by atoms with Gasteiger partial charge in [0.05, 0.1) is 29.4 Å². The van der Waals surface area contributed by atoms with E-state index in [4.69, 9.17) is 0 Å². The maximum atomic E-state index is 13.7. The van der Waals surface area contributed by atoms with E-state index in [0.717, 1.165) is 0 Å². The van der Waals surface area contributed by atoms with Crippen LogP contribution >= 0.6 is 0 Å². The monoisotopic (exact) mass is 1160 g/mol. The fourth-order valence-corrected chi connectivity index (χ4v) is 13.4. The van der Waals surface area contributed by atoms with Crippen LogP contribution in [0.3, 0.4) is 0 Å². The summed E-state index contributed by atoms with van der Waals surface area (Å²) in [5, 5.41) is 0. The Morgan fingerprint density at radius 2 is 0.632 bits per heavy atom. The minimum Gasteiger partial charge on any atom is -0.282 e. The van der Waals surface area contributed by atoms with Gasteiger partial charge in [0.1, 0.15) is 0 Å². The van der Waals surface area contributed by atoms with Gasteiger partial charge in [0.2, 0.25) is 0 Å². The molecule has 0 amide bonds. The fraction of sp³-hybridized carbons (Fsp3) is 0.308. The Hall–Kier alpha value is -5.22. The van der Waals surface area contributed by atoms with Crippen molar-refractivity contribution in [1.82, 2.24) is 0 Å². The Kier molecular flexibility index (Phi) is 18.5. The minimum absolute atomic E-state index is 0.0517. The van der Waals surface area contributed by atoms with Crippen molar-refractivity contribution in [3.63, 3.8) is 0 Å². The van der Waals surface area contributed by atoms with Gasteiger partial charge in [-0.25, -0.2) is 0 Å². The summed E-state index contributed by atoms with van der Waals surface area (Å²) in [7, 11) is -28.4. The average Bonchev–Trinajstić information content (AvgIpc) is 3.34. The van der Waals surface area contributed by atoms with Crippen molar-refractivity contribution in [2.24, 2.45) is 0 Å². The molecule has 76 heavy (non-hydrogen) atoms. The van der Waals surface area contributed by atoms with E-state index < -0.39 is 122 Å². The van der Waals surface area contributed by atoms with Crippen LogP contribution < -0.4 is 0 Å². The van der Waals surface area contributed by atoms with Crippen LogP contribution in [0.25, 0.3) is 0 Å². The Balaban J connectivity index is 1.46. The second-order valence-corrected chi connectivity index (χ2v) is 27.8. The molecule has 0 saturated carbocycles. The SMILES string of the molecule is CC(CC(CCC(c1ccc(C(C)CC(CC(C)c2cccc(S(=O)(=O)O)c2)c2cccc(S(=O)(=O)O)c2)cc1S(=O)(=O)O)C(C)c1cccc(S(=O)(=O)O)c1)c1cccc(S(=O)(=O)O)c1)c1cccc(S(=O)(=O)O)c1. The van der Waals surface area contributed by atoms with Crippen LogP contribution in [0.2, 0.25) is 0 Å². The van der Waals surface area contributed by atoms with Crippen molar-refractivity contribution in [2.45, 2.75) is 131 Å². The second-order valence-electron chi connectivity index (χ2n) is 19.3. The predicted molar refractivity (Wildman–Crippen MR) is 283 cm³/mol. The zero-order valence-electron chi connectivity index (χ0n) is 41.4. The average molecular weight is 1160 g/mol. The highest BCUT2D eigenvalue weighted by atomic mass is 32.2. The summed E-state index contributed by atoms with van der Waals surface area (Å²) in [4.78, 5) is -2.48. The van der Waals surface area contributed by atoms with E-state index in [-0.39, 0.29) is 47.5 Å². The standard InChI is InChI=1S/C52H58O18S6/c1-33(37-10-5-15-45(27-37)71(53,54)55)24-43(41-13-8-18-48(30-41)74(62,63)64)21-22-50(36(4)40-12-7-17-47(29-40)73(59,60)61)51-23-20-39(32-52(51)76(68,69)70)35(3)26-44(42-14-9-19-49(31-42)75(65,66)67)25-34(2)38-11-6-16-46(28-38)72(56,57)58/h5-20,23,27-36,43-44,50H,21-22,24-26H2,1-4H3,(H,53,54,55)(H,56,57,58)(H,59,60,61)(H,62,63,64)(H,65,66,67)(H,68,69,70). The fourth-order valence-electron chi connectivity index (χ4n) is 9.93. The van der Waals surface area contributed by atoms with Crippen molar-refractivity contribution < 1.29 is 77.8 Å². The van der Waals surface area contributed by atoms with Crippen molar-refractivity contribution in [2.75, 3.05) is 0 Å². The molecule has 24 heteroatoms. The van der Waals surface area contributed by atoms with Gasteiger partial charge < -0.3 is 0 Å². The first-order valence-corrected chi connectivity index (χ1v) is 32.2. The number of benzene rings is 6. The highest BCUT2D eigenvalue weighted by molar-refractivity contribution is 7.87. The zero-order valence-corrected chi connectivity index (χ0v) is 46.3. The van der Waals surface area contributed by atoms with Gasteiger partial charge in [-0.15, -0.1) is 0 Å². The predicted octanol–water partition coefficient (Wildman–Crippen LogP) is 10.3. The number of hydrogen-bond acceptors (Lipinski definition) is 12. The van der Waals surface area contributed by atoms with Gasteiger partial charge in [0.25, 0.3) is 60.7 Å². The van der Waals surface area contributed by atoms with Crippen molar-refractivity contribution in [3.05, 3.63) is 178 Å². The molecule has 0 aliphatic heterocycles. The van der Waals surface area contributed by atoms with E-state index >= 15 is 0 Å². The minimum atomic E-state index is -5.10. The molecule has 6 aromatic carbocycles.